The average Bonchev–Trinajstić information content (AvgIpc) is 3.43. The third-order valence-corrected chi connectivity index (χ3v) is 4.75. The second-order valence-corrected chi connectivity index (χ2v) is 6.42. The summed E-state index contributed by atoms with van der Waals surface area (Å²) >= 11 is 0. The average molecular weight is 404 g/mol. The SMILES string of the molecule is CNC(=O)c1cnn(-c2nc(N)c3ncn([C@@H]4O[C@H](CO)[C@H](OC)[C@@H]4O)c3n2)c1. The minimum atomic E-state index is -1.07. The lowest BCUT2D eigenvalue weighted by atomic mass is 10.1. The molecule has 0 saturated carbocycles. The smallest absolute Gasteiger partial charge is 0.254 e. The van der Waals surface area contributed by atoms with Gasteiger partial charge in [-0.15, -0.1) is 0 Å². The molecule has 3 aromatic rings. The summed E-state index contributed by atoms with van der Waals surface area (Å²) in [4.78, 5) is 24.6. The zero-order valence-electron chi connectivity index (χ0n) is 15.6. The predicted octanol–water partition coefficient (Wildman–Crippen LogP) is -1.78. The molecule has 13 nitrogen and oxygen atoms in total. The summed E-state index contributed by atoms with van der Waals surface area (Å²) in [6.07, 6.45) is 0.850. The van der Waals surface area contributed by atoms with Crippen molar-refractivity contribution < 1.29 is 24.5 Å². The van der Waals surface area contributed by atoms with E-state index >= 15 is 0 Å². The van der Waals surface area contributed by atoms with Gasteiger partial charge in [0.05, 0.1) is 24.7 Å². The van der Waals surface area contributed by atoms with Crippen molar-refractivity contribution in [3.8, 4) is 5.95 Å². The summed E-state index contributed by atoms with van der Waals surface area (Å²) in [6, 6.07) is 0. The van der Waals surface area contributed by atoms with Crippen LogP contribution < -0.4 is 11.1 Å². The summed E-state index contributed by atoms with van der Waals surface area (Å²) < 4.78 is 13.8. The first-order chi connectivity index (χ1) is 14.0. The van der Waals surface area contributed by atoms with Crippen molar-refractivity contribution in [2.75, 3.05) is 26.5 Å². The quantitative estimate of drug-likeness (QED) is 0.380. The lowest BCUT2D eigenvalue weighted by Gasteiger charge is -2.18. The fraction of sp³-hybridized carbons (Fsp3) is 0.438. The van der Waals surface area contributed by atoms with Crippen LogP contribution in [0.4, 0.5) is 5.82 Å². The van der Waals surface area contributed by atoms with Gasteiger partial charge in [0.15, 0.2) is 17.7 Å². The Kier molecular flexibility index (Phi) is 4.87. The lowest BCUT2D eigenvalue weighted by Crippen LogP contribution is -2.35. The van der Waals surface area contributed by atoms with Gasteiger partial charge in [-0.3, -0.25) is 9.36 Å². The number of nitrogen functional groups attached to an aromatic ring is 1. The highest BCUT2D eigenvalue weighted by molar-refractivity contribution is 5.93. The Balaban J connectivity index is 1.76. The third-order valence-electron chi connectivity index (χ3n) is 4.75. The topological polar surface area (TPSA) is 175 Å². The van der Waals surface area contributed by atoms with Crippen LogP contribution in [0.2, 0.25) is 0 Å². The maximum atomic E-state index is 11.8. The molecule has 0 spiro atoms. The molecule has 1 amide bonds. The molecule has 0 radical (unpaired) electrons. The van der Waals surface area contributed by atoms with Gasteiger partial charge in [0.2, 0.25) is 0 Å². The number of carbonyl (C=O) groups is 1. The molecule has 4 heterocycles. The summed E-state index contributed by atoms with van der Waals surface area (Å²) in [5.41, 5.74) is 6.95. The van der Waals surface area contributed by atoms with Crippen molar-refractivity contribution in [1.29, 1.82) is 0 Å². The molecule has 0 aromatic carbocycles. The molecule has 0 bridgehead atoms. The van der Waals surface area contributed by atoms with Gasteiger partial charge < -0.3 is 30.7 Å². The highest BCUT2D eigenvalue weighted by Gasteiger charge is 2.45. The second-order valence-electron chi connectivity index (χ2n) is 6.42. The van der Waals surface area contributed by atoms with Crippen LogP contribution in [-0.2, 0) is 9.47 Å². The summed E-state index contributed by atoms with van der Waals surface area (Å²) in [7, 11) is 2.94. The number of methoxy groups -OCH3 is 1. The van der Waals surface area contributed by atoms with E-state index in [2.05, 4.69) is 25.4 Å². The zero-order valence-corrected chi connectivity index (χ0v) is 15.6. The molecule has 3 aromatic heterocycles. The van der Waals surface area contributed by atoms with Crippen LogP contribution >= 0.6 is 0 Å². The first-order valence-electron chi connectivity index (χ1n) is 8.72. The third kappa shape index (κ3) is 3.09. The molecule has 1 fully saturated rings. The molecule has 1 aliphatic heterocycles. The minimum absolute atomic E-state index is 0.0928. The summed E-state index contributed by atoms with van der Waals surface area (Å²) in [5, 5.41) is 26.7. The van der Waals surface area contributed by atoms with Crippen molar-refractivity contribution in [3.63, 3.8) is 0 Å². The van der Waals surface area contributed by atoms with Gasteiger partial charge in [-0.2, -0.15) is 15.1 Å². The van der Waals surface area contributed by atoms with Gasteiger partial charge in [0, 0.05) is 20.4 Å². The van der Waals surface area contributed by atoms with Crippen molar-refractivity contribution in [3.05, 3.63) is 24.3 Å². The number of nitrogens with one attached hydrogen (secondary N) is 1. The molecule has 0 unspecified atom stereocenters. The number of rotatable bonds is 5. The van der Waals surface area contributed by atoms with Crippen LogP contribution in [0.15, 0.2) is 18.7 Å². The Bertz CT molecular complexity index is 1050. The Morgan fingerprint density at radius 2 is 2.24 bits per heavy atom. The van der Waals surface area contributed by atoms with E-state index in [1.807, 2.05) is 0 Å². The standard InChI is InChI=1S/C16H20N8O5/c1-18-14(27)7-3-20-24(4-7)16-21-12(17)9-13(22-16)23(6-19-9)15-10(26)11(28-2)8(5-25)29-15/h3-4,6,8,10-11,15,25-26H,5H2,1-2H3,(H,18,27)(H2,17,21,22)/t8-,10+,11+,15-/m1/s1. The van der Waals surface area contributed by atoms with Crippen LogP contribution in [0.25, 0.3) is 17.1 Å². The Hall–Kier alpha value is -3.13. The van der Waals surface area contributed by atoms with Gasteiger partial charge in [0.25, 0.3) is 11.9 Å². The second kappa shape index (κ2) is 7.36. The molecule has 154 valence electrons. The number of hydrogen-bond acceptors (Lipinski definition) is 10. The molecule has 4 rings (SSSR count). The van der Waals surface area contributed by atoms with Crippen molar-refractivity contribution in [2.45, 2.75) is 24.5 Å². The number of nitrogens with two attached hydrogens (primary N) is 1. The summed E-state index contributed by atoms with van der Waals surface area (Å²) in [5.74, 6) is -0.102. The van der Waals surface area contributed by atoms with E-state index < -0.39 is 24.5 Å². The molecular formula is C16H20N8O5. The lowest BCUT2D eigenvalue weighted by molar-refractivity contribution is -0.0535. The number of ether oxygens (including phenoxy) is 2. The highest BCUT2D eigenvalue weighted by Crippen LogP contribution is 2.33. The van der Waals surface area contributed by atoms with E-state index in [1.54, 1.807) is 0 Å². The van der Waals surface area contributed by atoms with Crippen molar-refractivity contribution in [2.24, 2.45) is 0 Å². The Morgan fingerprint density at radius 3 is 2.90 bits per heavy atom. The number of aliphatic hydroxyl groups excluding tert-OH is 2. The summed E-state index contributed by atoms with van der Waals surface area (Å²) in [6.45, 7) is -0.323. The first kappa shape index (κ1) is 19.2. The van der Waals surface area contributed by atoms with Crippen LogP contribution in [0.3, 0.4) is 0 Å². The molecule has 4 atom stereocenters. The van der Waals surface area contributed by atoms with Gasteiger partial charge in [-0.1, -0.05) is 0 Å². The van der Waals surface area contributed by atoms with Gasteiger partial charge in [-0.05, 0) is 0 Å². The van der Waals surface area contributed by atoms with Crippen LogP contribution in [0.5, 0.6) is 0 Å². The van der Waals surface area contributed by atoms with Gasteiger partial charge in [-0.25, -0.2) is 9.67 Å². The molecule has 29 heavy (non-hydrogen) atoms. The number of nitrogens with zero attached hydrogens (tertiary/aromatic N) is 6. The number of amides is 1. The number of aliphatic hydroxyl groups is 2. The Morgan fingerprint density at radius 1 is 1.45 bits per heavy atom. The molecule has 0 aliphatic carbocycles. The maximum Gasteiger partial charge on any atom is 0.254 e. The number of hydrogen-bond donors (Lipinski definition) is 4. The Labute approximate surface area is 164 Å². The molecular weight excluding hydrogens is 384 g/mol. The van der Waals surface area contributed by atoms with E-state index in [9.17, 15) is 15.0 Å². The van der Waals surface area contributed by atoms with E-state index in [4.69, 9.17) is 15.2 Å². The minimum Gasteiger partial charge on any atom is -0.394 e. The molecule has 13 heteroatoms. The largest absolute Gasteiger partial charge is 0.394 e. The monoisotopic (exact) mass is 404 g/mol. The number of carbonyl (C=O) groups excluding carboxylic acids is 1. The fourth-order valence-electron chi connectivity index (χ4n) is 3.30. The zero-order chi connectivity index (χ0) is 20.7. The number of aromatic nitrogens is 6. The van der Waals surface area contributed by atoms with Crippen LogP contribution in [0, 0.1) is 0 Å². The maximum absolute atomic E-state index is 11.8. The fourth-order valence-corrected chi connectivity index (χ4v) is 3.30. The normalized spacial score (nSPS) is 24.3. The van der Waals surface area contributed by atoms with Gasteiger partial charge >= 0.3 is 0 Å². The van der Waals surface area contributed by atoms with E-state index in [0.717, 1.165) is 0 Å². The molecule has 1 saturated heterocycles. The van der Waals surface area contributed by atoms with Gasteiger partial charge in [0.1, 0.15) is 23.8 Å². The molecule has 1 aliphatic rings. The number of imidazole rings is 1. The predicted molar refractivity (Wildman–Crippen MR) is 98.0 cm³/mol. The first-order valence-corrected chi connectivity index (χ1v) is 8.72. The molecule has 5 N–H and O–H groups in total. The van der Waals surface area contributed by atoms with Crippen molar-refractivity contribution in [1.82, 2.24) is 34.6 Å². The van der Waals surface area contributed by atoms with Crippen molar-refractivity contribution >= 4 is 22.9 Å². The van der Waals surface area contributed by atoms with E-state index in [0.29, 0.717) is 16.7 Å². The number of anilines is 1. The van der Waals surface area contributed by atoms with Crippen LogP contribution in [0.1, 0.15) is 16.6 Å². The van der Waals surface area contributed by atoms with E-state index in [-0.39, 0.29) is 24.3 Å². The van der Waals surface area contributed by atoms with Crippen LogP contribution in [-0.4, -0.2) is 84.5 Å². The van der Waals surface area contributed by atoms with E-state index in [1.165, 1.54) is 42.1 Å². The highest BCUT2D eigenvalue weighted by atomic mass is 16.6. The number of fused-ring (bicyclic) bond motifs is 1.